The van der Waals surface area contributed by atoms with Gasteiger partial charge in [-0.25, -0.2) is 0 Å². The van der Waals surface area contributed by atoms with Gasteiger partial charge in [0.25, 0.3) is 0 Å². The molecule has 1 atom stereocenters. The van der Waals surface area contributed by atoms with E-state index in [9.17, 15) is 5.11 Å². The van der Waals surface area contributed by atoms with Crippen LogP contribution in [0, 0.1) is 0 Å². The lowest BCUT2D eigenvalue weighted by Crippen LogP contribution is -2.00. The van der Waals surface area contributed by atoms with Crippen molar-refractivity contribution in [2.75, 3.05) is 5.73 Å². The largest absolute Gasteiger partial charge is 0.389 e. The molecule has 3 N–H and O–H groups in total. The molecule has 84 valence electrons. The number of rotatable bonds is 2. The second-order valence-corrected chi connectivity index (χ2v) is 3.83. The Hall–Kier alpha value is -1.81. The zero-order chi connectivity index (χ0) is 11.7. The van der Waals surface area contributed by atoms with Crippen molar-refractivity contribution in [2.45, 2.75) is 13.0 Å². The number of nitrogens with zero attached hydrogens (tertiary/aromatic N) is 2. The van der Waals surface area contributed by atoms with E-state index in [1.807, 2.05) is 24.3 Å². The van der Waals surface area contributed by atoms with E-state index in [-0.39, 0.29) is 0 Å². The number of hydrogen-bond donors (Lipinski definition) is 2. The molecule has 0 radical (unpaired) electrons. The van der Waals surface area contributed by atoms with E-state index in [1.54, 1.807) is 24.9 Å². The van der Waals surface area contributed by atoms with Gasteiger partial charge in [-0.05, 0) is 18.1 Å². The number of aliphatic hydroxyl groups is 1. The van der Waals surface area contributed by atoms with Gasteiger partial charge in [0.1, 0.15) is 5.82 Å². The summed E-state index contributed by atoms with van der Waals surface area (Å²) in [5.41, 5.74) is 8.58. The highest BCUT2D eigenvalue weighted by Gasteiger charge is 2.13. The molecule has 1 aromatic carbocycles. The highest BCUT2D eigenvalue weighted by Crippen LogP contribution is 2.31. The smallest absolute Gasteiger partial charge is 0.129 e. The van der Waals surface area contributed by atoms with Crippen molar-refractivity contribution < 1.29 is 5.11 Å². The lowest BCUT2D eigenvalue weighted by atomic mass is 9.98. The molecule has 0 amide bonds. The van der Waals surface area contributed by atoms with E-state index >= 15 is 0 Å². The zero-order valence-electron chi connectivity index (χ0n) is 9.38. The number of nitrogen functional groups attached to an aromatic ring is 1. The van der Waals surface area contributed by atoms with Crippen LogP contribution in [0.4, 0.5) is 5.82 Å². The molecule has 0 spiro atoms. The fraction of sp³-hybridized carbons (Fsp3) is 0.250. The molecule has 0 fully saturated rings. The number of benzene rings is 1. The first kappa shape index (κ1) is 10.7. The van der Waals surface area contributed by atoms with E-state index in [0.29, 0.717) is 5.82 Å². The molecule has 1 aromatic heterocycles. The number of hydrogen-bond acceptors (Lipinski definition) is 3. The van der Waals surface area contributed by atoms with Crippen LogP contribution in [-0.2, 0) is 7.05 Å². The fourth-order valence-electron chi connectivity index (χ4n) is 1.76. The van der Waals surface area contributed by atoms with E-state index in [2.05, 4.69) is 5.10 Å². The molecule has 2 rings (SSSR count). The number of aromatic nitrogens is 2. The third kappa shape index (κ3) is 1.67. The molecule has 0 bridgehead atoms. The van der Waals surface area contributed by atoms with Crippen LogP contribution in [0.1, 0.15) is 18.6 Å². The van der Waals surface area contributed by atoms with Crippen molar-refractivity contribution in [1.82, 2.24) is 9.78 Å². The monoisotopic (exact) mass is 217 g/mol. The number of aryl methyl sites for hydroxylation is 1. The standard InChI is InChI=1S/C12H15N3O/c1-8(16)9-5-3-4-6-10(9)11-7-14-15(2)12(11)13/h3-8,16H,13H2,1-2H3. The lowest BCUT2D eigenvalue weighted by molar-refractivity contribution is 0.200. The van der Waals surface area contributed by atoms with Gasteiger partial charge in [-0.3, -0.25) is 4.68 Å². The molecule has 0 saturated heterocycles. The minimum absolute atomic E-state index is 0.518. The minimum Gasteiger partial charge on any atom is -0.389 e. The van der Waals surface area contributed by atoms with E-state index in [1.165, 1.54) is 0 Å². The molecule has 2 aromatic rings. The summed E-state index contributed by atoms with van der Waals surface area (Å²) < 4.78 is 1.62. The molecule has 4 nitrogen and oxygen atoms in total. The van der Waals surface area contributed by atoms with Gasteiger partial charge in [-0.15, -0.1) is 0 Å². The SMILES string of the molecule is CC(O)c1ccccc1-c1cnn(C)c1N. The van der Waals surface area contributed by atoms with E-state index < -0.39 is 6.10 Å². The van der Waals surface area contributed by atoms with Gasteiger partial charge in [0.2, 0.25) is 0 Å². The Labute approximate surface area is 94.3 Å². The normalized spacial score (nSPS) is 12.7. The molecule has 0 aliphatic carbocycles. The highest BCUT2D eigenvalue weighted by molar-refractivity contribution is 5.76. The number of anilines is 1. The van der Waals surface area contributed by atoms with Gasteiger partial charge in [0.15, 0.2) is 0 Å². The molecule has 16 heavy (non-hydrogen) atoms. The average molecular weight is 217 g/mol. The van der Waals surface area contributed by atoms with Crippen LogP contribution < -0.4 is 5.73 Å². The molecule has 0 aliphatic heterocycles. The molecular weight excluding hydrogens is 202 g/mol. The van der Waals surface area contributed by atoms with Gasteiger partial charge < -0.3 is 10.8 Å². The summed E-state index contributed by atoms with van der Waals surface area (Å²) >= 11 is 0. The molecule has 4 heteroatoms. The Morgan fingerprint density at radius 2 is 2.00 bits per heavy atom. The van der Waals surface area contributed by atoms with Crippen molar-refractivity contribution >= 4 is 5.82 Å². The van der Waals surface area contributed by atoms with Crippen LogP contribution in [0.15, 0.2) is 30.5 Å². The van der Waals surface area contributed by atoms with E-state index in [4.69, 9.17) is 5.73 Å². The van der Waals surface area contributed by atoms with Crippen molar-refractivity contribution in [1.29, 1.82) is 0 Å². The molecule has 1 heterocycles. The van der Waals surface area contributed by atoms with Crippen molar-refractivity contribution in [3.8, 4) is 11.1 Å². The van der Waals surface area contributed by atoms with Gasteiger partial charge in [0, 0.05) is 12.6 Å². The maximum absolute atomic E-state index is 9.70. The fourth-order valence-corrected chi connectivity index (χ4v) is 1.76. The van der Waals surface area contributed by atoms with Crippen LogP contribution in [0.3, 0.4) is 0 Å². The predicted molar refractivity (Wildman–Crippen MR) is 63.7 cm³/mol. The summed E-state index contributed by atoms with van der Waals surface area (Å²) in [6.45, 7) is 1.74. The molecular formula is C12H15N3O. The van der Waals surface area contributed by atoms with Gasteiger partial charge in [-0.1, -0.05) is 24.3 Å². The lowest BCUT2D eigenvalue weighted by Gasteiger charge is -2.11. The first-order valence-corrected chi connectivity index (χ1v) is 5.16. The van der Waals surface area contributed by atoms with Crippen LogP contribution in [-0.4, -0.2) is 14.9 Å². The quantitative estimate of drug-likeness (QED) is 0.805. The topological polar surface area (TPSA) is 64.1 Å². The average Bonchev–Trinajstić information content (AvgIpc) is 2.60. The Morgan fingerprint density at radius 1 is 1.31 bits per heavy atom. The maximum Gasteiger partial charge on any atom is 0.129 e. The highest BCUT2D eigenvalue weighted by atomic mass is 16.3. The first-order chi connectivity index (χ1) is 7.61. The summed E-state index contributed by atoms with van der Waals surface area (Å²) in [6, 6.07) is 7.66. The maximum atomic E-state index is 9.70. The van der Waals surface area contributed by atoms with Crippen LogP contribution in [0.5, 0.6) is 0 Å². The third-order valence-corrected chi connectivity index (χ3v) is 2.69. The van der Waals surface area contributed by atoms with Crippen LogP contribution in [0.2, 0.25) is 0 Å². The number of aliphatic hydroxyl groups excluding tert-OH is 1. The second-order valence-electron chi connectivity index (χ2n) is 3.83. The summed E-state index contributed by atoms with van der Waals surface area (Å²) in [4.78, 5) is 0. The Balaban J connectivity index is 2.60. The minimum atomic E-state index is -0.518. The summed E-state index contributed by atoms with van der Waals surface area (Å²) in [7, 11) is 1.80. The van der Waals surface area contributed by atoms with Gasteiger partial charge in [-0.2, -0.15) is 5.10 Å². The van der Waals surface area contributed by atoms with Gasteiger partial charge >= 0.3 is 0 Å². The first-order valence-electron chi connectivity index (χ1n) is 5.16. The van der Waals surface area contributed by atoms with Crippen LogP contribution >= 0.6 is 0 Å². The van der Waals surface area contributed by atoms with Crippen molar-refractivity contribution in [3.63, 3.8) is 0 Å². The summed E-state index contributed by atoms with van der Waals surface area (Å²) in [5, 5.41) is 13.8. The molecule has 0 aliphatic rings. The number of nitrogens with two attached hydrogens (primary N) is 1. The van der Waals surface area contributed by atoms with Crippen molar-refractivity contribution in [3.05, 3.63) is 36.0 Å². The van der Waals surface area contributed by atoms with Crippen molar-refractivity contribution in [2.24, 2.45) is 7.05 Å². The van der Waals surface area contributed by atoms with E-state index in [0.717, 1.165) is 16.7 Å². The molecule has 0 saturated carbocycles. The zero-order valence-corrected chi connectivity index (χ0v) is 9.38. The second kappa shape index (κ2) is 3.98. The van der Waals surface area contributed by atoms with Crippen LogP contribution in [0.25, 0.3) is 11.1 Å². The summed E-state index contributed by atoms with van der Waals surface area (Å²) in [5.74, 6) is 0.605. The Morgan fingerprint density at radius 3 is 2.56 bits per heavy atom. The Bertz CT molecular complexity index is 503. The third-order valence-electron chi connectivity index (χ3n) is 2.69. The Kier molecular flexibility index (Phi) is 2.66. The summed E-state index contributed by atoms with van der Waals surface area (Å²) in [6.07, 6.45) is 1.20. The predicted octanol–water partition coefficient (Wildman–Crippen LogP) is 1.72. The van der Waals surface area contributed by atoms with Gasteiger partial charge in [0.05, 0.1) is 12.3 Å². The molecule has 1 unspecified atom stereocenters.